The molecule has 0 aliphatic carbocycles. The van der Waals surface area contributed by atoms with Gasteiger partial charge in [-0.05, 0) is 34.6 Å². The molecule has 1 aromatic rings. The summed E-state index contributed by atoms with van der Waals surface area (Å²) in [5.41, 5.74) is 0.107. The van der Waals surface area contributed by atoms with Gasteiger partial charge in [0, 0.05) is 50.1 Å². The molecule has 1 N–H and O–H groups in total. The first-order valence-electron chi connectivity index (χ1n) is 9.01. The Balaban J connectivity index is 1.67. The van der Waals surface area contributed by atoms with Gasteiger partial charge in [-0.3, -0.25) is 4.90 Å². The van der Waals surface area contributed by atoms with Crippen LogP contribution < -0.4 is 10.4 Å². The van der Waals surface area contributed by atoms with Crippen LogP contribution in [-0.2, 0) is 9.31 Å². The van der Waals surface area contributed by atoms with E-state index in [1.165, 1.54) is 0 Å². The summed E-state index contributed by atoms with van der Waals surface area (Å²) in [5, 5.41) is 9.09. The predicted octanol–water partition coefficient (Wildman–Crippen LogP) is 0.279. The van der Waals surface area contributed by atoms with Crippen LogP contribution in [0.15, 0.2) is 12.4 Å². The smallest absolute Gasteiger partial charge is 0.399 e. The molecule has 0 radical (unpaired) electrons. The molecule has 2 aliphatic heterocycles. The van der Waals surface area contributed by atoms with Crippen LogP contribution in [0.2, 0.25) is 0 Å². The van der Waals surface area contributed by atoms with Gasteiger partial charge in [0.05, 0.1) is 17.8 Å². The van der Waals surface area contributed by atoms with E-state index in [1.54, 1.807) is 12.4 Å². The lowest BCUT2D eigenvalue weighted by Crippen LogP contribution is -2.53. The Morgan fingerprint density at radius 1 is 1.16 bits per heavy atom. The number of anilines is 1. The molecule has 3 heterocycles. The molecule has 7 nitrogen and oxygen atoms in total. The van der Waals surface area contributed by atoms with Crippen molar-refractivity contribution < 1.29 is 14.4 Å². The molecule has 2 saturated heterocycles. The average Bonchev–Trinajstić information content (AvgIpc) is 2.76. The summed E-state index contributed by atoms with van der Waals surface area (Å²) in [6.07, 6.45) is 3.61. The fourth-order valence-corrected chi connectivity index (χ4v) is 3.26. The molecule has 25 heavy (non-hydrogen) atoms. The second-order valence-electron chi connectivity index (χ2n) is 7.97. The van der Waals surface area contributed by atoms with Crippen molar-refractivity contribution in [2.75, 3.05) is 37.7 Å². The third-order valence-electron chi connectivity index (χ3n) is 5.57. The number of aliphatic hydroxyl groups is 1. The zero-order valence-corrected chi connectivity index (χ0v) is 15.9. The van der Waals surface area contributed by atoms with Gasteiger partial charge >= 0.3 is 7.12 Å². The number of β-amino-alcohol motifs (C(OH)–C–C–N with tert-alkyl or cyclic N) is 1. The molecular formula is C17H29BN4O3. The molecule has 1 atom stereocenters. The van der Waals surface area contributed by atoms with Crippen molar-refractivity contribution in [3.63, 3.8) is 0 Å². The van der Waals surface area contributed by atoms with Gasteiger partial charge in [0.15, 0.2) is 0 Å². The number of hydrogen-bond donors (Lipinski definition) is 1. The highest BCUT2D eigenvalue weighted by atomic mass is 16.7. The summed E-state index contributed by atoms with van der Waals surface area (Å²) < 4.78 is 12.1. The number of piperazine rings is 1. The van der Waals surface area contributed by atoms with Crippen molar-refractivity contribution in [1.29, 1.82) is 0 Å². The summed E-state index contributed by atoms with van der Waals surface area (Å²) in [5.74, 6) is 0.733. The molecule has 0 bridgehead atoms. The minimum Gasteiger partial charge on any atom is -0.399 e. The fourth-order valence-electron chi connectivity index (χ4n) is 3.26. The van der Waals surface area contributed by atoms with E-state index in [4.69, 9.17) is 14.4 Å². The maximum Gasteiger partial charge on any atom is 0.498 e. The Hall–Kier alpha value is -1.22. The normalized spacial score (nSPS) is 26.2. The lowest BCUT2D eigenvalue weighted by atomic mass is 9.81. The van der Waals surface area contributed by atoms with Crippen molar-refractivity contribution in [3.8, 4) is 0 Å². The minimum atomic E-state index is -0.433. The van der Waals surface area contributed by atoms with E-state index < -0.39 is 7.12 Å². The van der Waals surface area contributed by atoms with Crippen LogP contribution in [0.25, 0.3) is 0 Å². The number of rotatable bonds is 4. The van der Waals surface area contributed by atoms with Crippen molar-refractivity contribution >= 4 is 18.5 Å². The average molecular weight is 348 g/mol. The van der Waals surface area contributed by atoms with E-state index in [0.717, 1.165) is 37.6 Å². The highest BCUT2D eigenvalue weighted by Crippen LogP contribution is 2.36. The maximum absolute atomic E-state index is 9.09. The maximum atomic E-state index is 9.09. The first kappa shape index (κ1) is 18.6. The molecule has 1 aromatic heterocycles. The molecule has 3 rings (SSSR count). The summed E-state index contributed by atoms with van der Waals surface area (Å²) in [4.78, 5) is 13.6. The van der Waals surface area contributed by atoms with E-state index in [1.807, 2.05) is 27.7 Å². The minimum absolute atomic E-state index is 0.200. The molecule has 2 aliphatic rings. The molecule has 138 valence electrons. The van der Waals surface area contributed by atoms with Gasteiger partial charge in [-0.1, -0.05) is 0 Å². The van der Waals surface area contributed by atoms with E-state index in [-0.39, 0.29) is 17.8 Å². The molecular weight excluding hydrogens is 319 g/mol. The van der Waals surface area contributed by atoms with Gasteiger partial charge in [-0.25, -0.2) is 9.97 Å². The van der Waals surface area contributed by atoms with Crippen LogP contribution in [0.4, 0.5) is 5.95 Å². The van der Waals surface area contributed by atoms with Crippen LogP contribution in [-0.4, -0.2) is 77.1 Å². The van der Waals surface area contributed by atoms with Gasteiger partial charge in [0.1, 0.15) is 0 Å². The Bertz CT molecular complexity index is 580. The molecule has 0 aromatic carbocycles. The number of nitrogens with zero attached hydrogens (tertiary/aromatic N) is 4. The monoisotopic (exact) mass is 348 g/mol. The van der Waals surface area contributed by atoms with Crippen molar-refractivity contribution in [3.05, 3.63) is 12.4 Å². The molecule has 0 spiro atoms. The Labute approximate surface area is 150 Å². The van der Waals surface area contributed by atoms with E-state index in [2.05, 4.69) is 26.7 Å². The van der Waals surface area contributed by atoms with Crippen molar-refractivity contribution in [1.82, 2.24) is 14.9 Å². The lowest BCUT2D eigenvalue weighted by Gasteiger charge is -2.39. The SMILES string of the molecule is C[C@H]1CN(CCO)CCN1c1ncc(B2OC(C)(C)C(C)(C)O2)cn1. The molecule has 2 fully saturated rings. The van der Waals surface area contributed by atoms with Crippen LogP contribution in [0, 0.1) is 0 Å². The summed E-state index contributed by atoms with van der Waals surface area (Å²) in [6, 6.07) is 0.308. The molecule has 8 heteroatoms. The first-order valence-corrected chi connectivity index (χ1v) is 9.01. The summed E-state index contributed by atoms with van der Waals surface area (Å²) in [7, 11) is -0.433. The van der Waals surface area contributed by atoms with Crippen molar-refractivity contribution in [2.24, 2.45) is 0 Å². The second-order valence-corrected chi connectivity index (χ2v) is 7.97. The third kappa shape index (κ3) is 3.67. The topological polar surface area (TPSA) is 71.0 Å². The van der Waals surface area contributed by atoms with Crippen LogP contribution in [0.3, 0.4) is 0 Å². The number of aromatic nitrogens is 2. The van der Waals surface area contributed by atoms with Crippen LogP contribution >= 0.6 is 0 Å². The highest BCUT2D eigenvalue weighted by molar-refractivity contribution is 6.61. The Morgan fingerprint density at radius 2 is 1.76 bits per heavy atom. The molecule has 0 saturated carbocycles. The van der Waals surface area contributed by atoms with Gasteiger partial charge in [0.25, 0.3) is 0 Å². The van der Waals surface area contributed by atoms with E-state index >= 15 is 0 Å². The van der Waals surface area contributed by atoms with Crippen LogP contribution in [0.1, 0.15) is 34.6 Å². The predicted molar refractivity (Wildman–Crippen MR) is 98.1 cm³/mol. The van der Waals surface area contributed by atoms with E-state index in [9.17, 15) is 0 Å². The van der Waals surface area contributed by atoms with E-state index in [0.29, 0.717) is 6.04 Å². The summed E-state index contributed by atoms with van der Waals surface area (Å²) >= 11 is 0. The largest absolute Gasteiger partial charge is 0.498 e. The Morgan fingerprint density at radius 3 is 2.28 bits per heavy atom. The zero-order valence-electron chi connectivity index (χ0n) is 15.9. The third-order valence-corrected chi connectivity index (χ3v) is 5.57. The first-order chi connectivity index (χ1) is 11.7. The second kappa shape index (κ2) is 6.83. The molecule has 0 amide bonds. The number of hydrogen-bond acceptors (Lipinski definition) is 7. The zero-order chi connectivity index (χ0) is 18.2. The van der Waals surface area contributed by atoms with Crippen LogP contribution in [0.5, 0.6) is 0 Å². The van der Waals surface area contributed by atoms with Gasteiger partial charge in [0.2, 0.25) is 5.95 Å². The number of aliphatic hydroxyl groups excluding tert-OH is 1. The van der Waals surface area contributed by atoms with Crippen molar-refractivity contribution in [2.45, 2.75) is 51.9 Å². The molecule has 0 unspecified atom stereocenters. The summed E-state index contributed by atoms with van der Waals surface area (Å²) in [6.45, 7) is 13.9. The fraction of sp³-hybridized carbons (Fsp3) is 0.765. The quantitative estimate of drug-likeness (QED) is 0.784. The van der Waals surface area contributed by atoms with Gasteiger partial charge in [-0.2, -0.15) is 0 Å². The lowest BCUT2D eigenvalue weighted by molar-refractivity contribution is 0.00578. The van der Waals surface area contributed by atoms with Gasteiger partial charge in [-0.15, -0.1) is 0 Å². The Kier molecular flexibility index (Phi) is 5.08. The van der Waals surface area contributed by atoms with Gasteiger partial charge < -0.3 is 19.3 Å². The standard InChI is InChI=1S/C17H29BN4O3/c1-13-12-21(8-9-23)6-7-22(13)15-19-10-14(11-20-15)18-24-16(2,3)17(4,5)25-18/h10-11,13,23H,6-9,12H2,1-5H3/t13-/m0/s1. The highest BCUT2D eigenvalue weighted by Gasteiger charge is 2.52.